The fourth-order valence-corrected chi connectivity index (χ4v) is 4.09. The molecule has 2 aliphatic rings. The van der Waals surface area contributed by atoms with E-state index in [0.29, 0.717) is 37.2 Å². The lowest BCUT2D eigenvalue weighted by molar-refractivity contribution is -0.150. The first kappa shape index (κ1) is 16.8. The van der Waals surface area contributed by atoms with Crippen molar-refractivity contribution in [2.75, 3.05) is 25.1 Å². The van der Waals surface area contributed by atoms with Gasteiger partial charge in [-0.25, -0.2) is 4.39 Å². The van der Waals surface area contributed by atoms with Gasteiger partial charge >= 0.3 is 0 Å². The zero-order valence-electron chi connectivity index (χ0n) is 14.4. The molecule has 3 heterocycles. The van der Waals surface area contributed by atoms with Crippen LogP contribution in [0.2, 0.25) is 0 Å². The van der Waals surface area contributed by atoms with E-state index in [1.807, 2.05) is 0 Å². The Morgan fingerprint density at radius 3 is 2.69 bits per heavy atom. The average molecular weight is 358 g/mol. The summed E-state index contributed by atoms with van der Waals surface area (Å²) in [5.74, 6) is -0.655. The number of β-lactam (4-membered cyclic amide) rings is 1. The van der Waals surface area contributed by atoms with Crippen LogP contribution in [0.1, 0.15) is 23.2 Å². The first-order valence-electron chi connectivity index (χ1n) is 8.51. The van der Waals surface area contributed by atoms with Crippen molar-refractivity contribution in [1.82, 2.24) is 4.90 Å². The van der Waals surface area contributed by atoms with E-state index in [1.54, 1.807) is 28.0 Å². The molecule has 2 aliphatic heterocycles. The number of rotatable bonds is 3. The lowest BCUT2D eigenvalue weighted by atomic mass is 9.72. The Morgan fingerprint density at radius 1 is 1.31 bits per heavy atom. The van der Waals surface area contributed by atoms with Gasteiger partial charge in [-0.3, -0.25) is 9.59 Å². The molecule has 1 unspecified atom stereocenters. The van der Waals surface area contributed by atoms with Crippen LogP contribution in [0.25, 0.3) is 0 Å². The van der Waals surface area contributed by atoms with Crippen LogP contribution >= 0.6 is 0 Å². The van der Waals surface area contributed by atoms with Crippen LogP contribution in [0.5, 0.6) is 0 Å². The second kappa shape index (κ2) is 6.25. The average Bonchev–Trinajstić information content (AvgIpc) is 3.17. The third-order valence-corrected chi connectivity index (χ3v) is 5.36. The van der Waals surface area contributed by atoms with Crippen molar-refractivity contribution < 1.29 is 23.1 Å². The normalized spacial score (nSPS) is 21.8. The first-order valence-corrected chi connectivity index (χ1v) is 8.51. The quantitative estimate of drug-likeness (QED) is 0.791. The van der Waals surface area contributed by atoms with Crippen LogP contribution < -0.4 is 4.90 Å². The summed E-state index contributed by atoms with van der Waals surface area (Å²) in [5, 5.41) is 0. The van der Waals surface area contributed by atoms with Crippen molar-refractivity contribution >= 4 is 17.5 Å². The van der Waals surface area contributed by atoms with Gasteiger partial charge in [0.1, 0.15) is 12.1 Å². The number of hydrogen-bond donors (Lipinski definition) is 0. The number of furan rings is 1. The fraction of sp³-hybridized carbons (Fsp3) is 0.368. The maximum absolute atomic E-state index is 13.6. The minimum atomic E-state index is -0.572. The summed E-state index contributed by atoms with van der Waals surface area (Å²) in [4.78, 5) is 28.4. The van der Waals surface area contributed by atoms with Crippen molar-refractivity contribution in [2.45, 2.75) is 24.5 Å². The van der Waals surface area contributed by atoms with E-state index in [9.17, 15) is 14.0 Å². The van der Waals surface area contributed by atoms with Gasteiger partial charge in [0.2, 0.25) is 0 Å². The Labute approximate surface area is 150 Å². The van der Waals surface area contributed by atoms with Crippen LogP contribution in [0.15, 0.2) is 47.3 Å². The van der Waals surface area contributed by atoms with Crippen molar-refractivity contribution in [2.24, 2.45) is 0 Å². The van der Waals surface area contributed by atoms with E-state index in [4.69, 9.17) is 9.15 Å². The monoisotopic (exact) mass is 358 g/mol. The molecule has 6 nitrogen and oxygen atoms in total. The summed E-state index contributed by atoms with van der Waals surface area (Å²) in [6, 6.07) is 7.65. The number of likely N-dealkylation sites (tertiary alicyclic amines) is 1. The molecule has 1 aromatic carbocycles. The fourth-order valence-electron chi connectivity index (χ4n) is 4.09. The number of piperidine rings is 1. The van der Waals surface area contributed by atoms with E-state index in [0.717, 1.165) is 0 Å². The summed E-state index contributed by atoms with van der Waals surface area (Å²) in [6.07, 6.45) is 3.46. The minimum absolute atomic E-state index is 0.0921. The van der Waals surface area contributed by atoms with Crippen LogP contribution in [-0.2, 0) is 9.53 Å². The highest BCUT2D eigenvalue weighted by Crippen LogP contribution is 2.45. The van der Waals surface area contributed by atoms with Crippen molar-refractivity contribution in [3.63, 3.8) is 0 Å². The lowest BCUT2D eigenvalue weighted by Gasteiger charge is -2.59. The number of carbonyl (C=O) groups excluding carboxylic acids is 2. The number of amides is 2. The Hall–Kier alpha value is -2.67. The molecule has 7 heteroatoms. The third-order valence-electron chi connectivity index (χ3n) is 5.36. The highest BCUT2D eigenvalue weighted by molar-refractivity contribution is 6.07. The molecule has 0 saturated carbocycles. The molecule has 2 fully saturated rings. The van der Waals surface area contributed by atoms with Gasteiger partial charge in [0.25, 0.3) is 11.8 Å². The molecule has 1 atom stereocenters. The summed E-state index contributed by atoms with van der Waals surface area (Å²) in [7, 11) is 1.51. The van der Waals surface area contributed by atoms with Crippen molar-refractivity contribution in [1.29, 1.82) is 0 Å². The highest BCUT2D eigenvalue weighted by atomic mass is 19.1. The number of anilines is 1. The molecule has 0 bridgehead atoms. The summed E-state index contributed by atoms with van der Waals surface area (Å²) >= 11 is 0. The summed E-state index contributed by atoms with van der Waals surface area (Å²) in [5.41, 5.74) is 0.487. The molecular formula is C19H19FN2O4. The lowest BCUT2D eigenvalue weighted by Crippen LogP contribution is -2.78. The Balaban J connectivity index is 1.56. The maximum Gasteiger partial charge on any atom is 0.259 e. The molecule has 4 rings (SSSR count). The van der Waals surface area contributed by atoms with E-state index >= 15 is 0 Å². The standard InChI is InChI=1S/C19H19FN2O4/c1-25-16-18(24)22(15-4-2-3-14(20)11-15)19(16)6-8-21(9-7-19)17(23)13-5-10-26-12-13/h2-5,10-12,16H,6-9H2,1H3. The van der Waals surface area contributed by atoms with Crippen LogP contribution in [0.4, 0.5) is 10.1 Å². The maximum atomic E-state index is 13.6. The molecule has 0 N–H and O–H groups in total. The van der Waals surface area contributed by atoms with E-state index in [-0.39, 0.29) is 17.6 Å². The van der Waals surface area contributed by atoms with Gasteiger partial charge in [0, 0.05) is 25.9 Å². The van der Waals surface area contributed by atoms with Crippen molar-refractivity contribution in [3.05, 3.63) is 54.2 Å². The first-order chi connectivity index (χ1) is 12.6. The number of methoxy groups -OCH3 is 1. The number of ether oxygens (including phenoxy) is 1. The molecular weight excluding hydrogens is 339 g/mol. The SMILES string of the molecule is COC1C(=O)N(c2cccc(F)c2)C12CCN(C(=O)c1ccoc1)CC2. The van der Waals surface area contributed by atoms with E-state index in [2.05, 4.69) is 0 Å². The van der Waals surface area contributed by atoms with E-state index < -0.39 is 11.6 Å². The topological polar surface area (TPSA) is 63.0 Å². The number of carbonyl (C=O) groups is 2. The smallest absolute Gasteiger partial charge is 0.259 e. The van der Waals surface area contributed by atoms with Gasteiger partial charge in [-0.1, -0.05) is 6.07 Å². The van der Waals surface area contributed by atoms with Crippen LogP contribution in [0.3, 0.4) is 0 Å². The largest absolute Gasteiger partial charge is 0.472 e. The molecule has 2 saturated heterocycles. The molecule has 0 radical (unpaired) electrons. The molecule has 26 heavy (non-hydrogen) atoms. The zero-order chi connectivity index (χ0) is 18.3. The van der Waals surface area contributed by atoms with E-state index in [1.165, 1.54) is 31.8 Å². The van der Waals surface area contributed by atoms with Gasteiger partial charge in [0.05, 0.1) is 17.4 Å². The number of nitrogens with zero attached hydrogens (tertiary/aromatic N) is 2. The predicted octanol–water partition coefficient (Wildman–Crippen LogP) is 2.46. The Bertz CT molecular complexity index is 828. The van der Waals surface area contributed by atoms with Gasteiger partial charge in [-0.05, 0) is 37.1 Å². The second-order valence-corrected chi connectivity index (χ2v) is 6.68. The molecule has 0 aliphatic carbocycles. The minimum Gasteiger partial charge on any atom is -0.472 e. The van der Waals surface area contributed by atoms with Gasteiger partial charge in [-0.2, -0.15) is 0 Å². The van der Waals surface area contributed by atoms with Crippen molar-refractivity contribution in [3.8, 4) is 0 Å². The molecule has 2 aromatic rings. The summed E-state index contributed by atoms with van der Waals surface area (Å²) < 4.78 is 24.1. The molecule has 1 spiro atoms. The summed E-state index contributed by atoms with van der Waals surface area (Å²) in [6.45, 7) is 0.978. The van der Waals surface area contributed by atoms with Gasteiger partial charge < -0.3 is 19.0 Å². The van der Waals surface area contributed by atoms with Crippen LogP contribution in [0, 0.1) is 5.82 Å². The van der Waals surface area contributed by atoms with Gasteiger partial charge in [0.15, 0.2) is 6.10 Å². The highest BCUT2D eigenvalue weighted by Gasteiger charge is 2.62. The number of hydrogen-bond acceptors (Lipinski definition) is 4. The second-order valence-electron chi connectivity index (χ2n) is 6.68. The Morgan fingerprint density at radius 2 is 2.08 bits per heavy atom. The number of benzene rings is 1. The molecule has 136 valence electrons. The predicted molar refractivity (Wildman–Crippen MR) is 91.3 cm³/mol. The van der Waals surface area contributed by atoms with Crippen LogP contribution in [-0.4, -0.2) is 48.6 Å². The number of halogens is 1. The molecule has 2 amide bonds. The Kier molecular flexibility index (Phi) is 4.03. The third kappa shape index (κ3) is 2.42. The zero-order valence-corrected chi connectivity index (χ0v) is 14.4. The van der Waals surface area contributed by atoms with Gasteiger partial charge in [-0.15, -0.1) is 0 Å². The molecule has 1 aromatic heterocycles.